The molecule has 0 unspecified atom stereocenters. The van der Waals surface area contributed by atoms with Gasteiger partial charge in [0.05, 0.1) is 0 Å². The van der Waals surface area contributed by atoms with E-state index < -0.39 is 0 Å². The van der Waals surface area contributed by atoms with Crippen LogP contribution in [0.25, 0.3) is 11.1 Å². The quantitative estimate of drug-likeness (QED) is 0.601. The summed E-state index contributed by atoms with van der Waals surface area (Å²) in [6, 6.07) is 21.9. The van der Waals surface area contributed by atoms with E-state index >= 15 is 0 Å². The predicted octanol–water partition coefficient (Wildman–Crippen LogP) is 5.31. The fourth-order valence-electron chi connectivity index (χ4n) is 2.18. The molecule has 3 aromatic rings. The minimum absolute atomic E-state index is 1.03. The van der Waals surface area contributed by atoms with Gasteiger partial charge in [0, 0.05) is 11.3 Å². The van der Waals surface area contributed by atoms with Crippen molar-refractivity contribution >= 4 is 11.3 Å². The zero-order valence-electron chi connectivity index (χ0n) is 11.0. The van der Waals surface area contributed by atoms with Gasteiger partial charge in [-0.25, -0.2) is 0 Å². The Morgan fingerprint density at radius 2 is 1.42 bits per heavy atom. The summed E-state index contributed by atoms with van der Waals surface area (Å²) in [4.78, 5) is 1.42. The van der Waals surface area contributed by atoms with Crippen LogP contribution in [0.1, 0.15) is 16.0 Å². The molecule has 1 heterocycles. The summed E-state index contributed by atoms with van der Waals surface area (Å²) in [5.41, 5.74) is 5.25. The molecule has 0 bridgehead atoms. The van der Waals surface area contributed by atoms with E-state index in [-0.39, 0.29) is 0 Å². The monoisotopic (exact) mass is 264 g/mol. The molecule has 0 aliphatic carbocycles. The van der Waals surface area contributed by atoms with Gasteiger partial charge in [-0.05, 0) is 35.1 Å². The van der Waals surface area contributed by atoms with Gasteiger partial charge < -0.3 is 0 Å². The molecule has 0 atom stereocenters. The molecule has 0 aliphatic heterocycles. The molecule has 0 spiro atoms. The van der Waals surface area contributed by atoms with Crippen molar-refractivity contribution < 1.29 is 0 Å². The Balaban J connectivity index is 1.80. The average molecular weight is 264 g/mol. The molecule has 3 rings (SSSR count). The van der Waals surface area contributed by atoms with Crippen LogP contribution < -0.4 is 0 Å². The second-order valence-corrected chi connectivity index (χ2v) is 5.85. The lowest BCUT2D eigenvalue weighted by molar-refractivity contribution is 1.24. The molecule has 0 aliphatic rings. The molecule has 0 saturated carbocycles. The van der Waals surface area contributed by atoms with Crippen LogP contribution in [0.5, 0.6) is 0 Å². The van der Waals surface area contributed by atoms with E-state index in [4.69, 9.17) is 0 Å². The average Bonchev–Trinajstić information content (AvgIpc) is 2.94. The van der Waals surface area contributed by atoms with Crippen molar-refractivity contribution in [3.05, 3.63) is 82.0 Å². The molecule has 0 saturated heterocycles. The largest absolute Gasteiger partial charge is 0.149 e. The third-order valence-corrected chi connectivity index (χ3v) is 4.17. The van der Waals surface area contributed by atoms with Crippen LogP contribution >= 0.6 is 11.3 Å². The third kappa shape index (κ3) is 2.94. The number of benzene rings is 2. The lowest BCUT2D eigenvalue weighted by Gasteiger charge is -2.04. The van der Waals surface area contributed by atoms with Gasteiger partial charge in [0.1, 0.15) is 0 Å². The van der Waals surface area contributed by atoms with Gasteiger partial charge in [0.2, 0.25) is 0 Å². The third-order valence-electron chi connectivity index (χ3n) is 3.30. The molecule has 1 aromatic heterocycles. The maximum Gasteiger partial charge on any atom is 0.00890 e. The molecular weight excluding hydrogens is 248 g/mol. The summed E-state index contributed by atoms with van der Waals surface area (Å²) < 4.78 is 0. The lowest BCUT2D eigenvalue weighted by atomic mass is 10.0. The van der Waals surface area contributed by atoms with Crippen LogP contribution in [0.3, 0.4) is 0 Å². The van der Waals surface area contributed by atoms with Gasteiger partial charge in [-0.2, -0.15) is 0 Å². The first-order valence-electron chi connectivity index (χ1n) is 6.50. The second kappa shape index (κ2) is 5.41. The minimum Gasteiger partial charge on any atom is -0.149 e. The molecule has 94 valence electrons. The van der Waals surface area contributed by atoms with E-state index in [1.54, 1.807) is 0 Å². The van der Waals surface area contributed by atoms with Crippen molar-refractivity contribution in [3.8, 4) is 11.1 Å². The normalized spacial score (nSPS) is 10.6. The maximum atomic E-state index is 2.23. The maximum absolute atomic E-state index is 2.23. The van der Waals surface area contributed by atoms with E-state index in [0.717, 1.165) is 6.42 Å². The van der Waals surface area contributed by atoms with Crippen molar-refractivity contribution in [3.63, 3.8) is 0 Å². The van der Waals surface area contributed by atoms with Crippen LogP contribution in [0.15, 0.2) is 66.0 Å². The Morgan fingerprint density at radius 3 is 2.00 bits per heavy atom. The molecule has 1 heteroatoms. The first-order valence-corrected chi connectivity index (χ1v) is 7.37. The number of aryl methyl sites for hydroxylation is 1. The van der Waals surface area contributed by atoms with Crippen LogP contribution in [-0.2, 0) is 6.42 Å². The Kier molecular flexibility index (Phi) is 3.47. The fraction of sp³-hybridized carbons (Fsp3) is 0.111. The first kappa shape index (κ1) is 12.2. The highest BCUT2D eigenvalue weighted by molar-refractivity contribution is 7.09. The molecule has 0 fully saturated rings. The second-order valence-electron chi connectivity index (χ2n) is 4.82. The molecule has 2 aromatic carbocycles. The van der Waals surface area contributed by atoms with Crippen LogP contribution in [0.4, 0.5) is 0 Å². The molecule has 0 amide bonds. The van der Waals surface area contributed by atoms with Gasteiger partial charge in [0.25, 0.3) is 0 Å². The smallest absolute Gasteiger partial charge is 0.00890 e. The molecule has 0 N–H and O–H groups in total. The van der Waals surface area contributed by atoms with Gasteiger partial charge in [-0.15, -0.1) is 11.3 Å². The molecule has 0 radical (unpaired) electrons. The Hall–Kier alpha value is -1.86. The fourth-order valence-corrected chi connectivity index (χ4v) is 2.91. The summed E-state index contributed by atoms with van der Waals surface area (Å²) in [5, 5.41) is 2.13. The number of thiophene rings is 1. The number of rotatable bonds is 3. The Bertz CT molecular complexity index is 631. The highest BCUT2D eigenvalue weighted by Gasteiger charge is 2.00. The summed E-state index contributed by atoms with van der Waals surface area (Å²) >= 11 is 1.82. The summed E-state index contributed by atoms with van der Waals surface area (Å²) in [5.74, 6) is 0. The van der Waals surface area contributed by atoms with Crippen molar-refractivity contribution in [2.75, 3.05) is 0 Å². The highest BCUT2D eigenvalue weighted by Crippen LogP contribution is 2.22. The topological polar surface area (TPSA) is 0 Å². The lowest BCUT2D eigenvalue weighted by Crippen LogP contribution is -1.85. The summed E-state index contributed by atoms with van der Waals surface area (Å²) in [7, 11) is 0. The van der Waals surface area contributed by atoms with E-state index in [1.807, 2.05) is 11.3 Å². The van der Waals surface area contributed by atoms with Gasteiger partial charge in [0.15, 0.2) is 0 Å². The standard InChI is InChI=1S/C18H16S/c1-14-4-8-16(9-5-14)17-10-6-15(7-11-17)13-18-3-2-12-19-18/h2-12H,13H2,1H3. The predicted molar refractivity (Wildman–Crippen MR) is 83.7 cm³/mol. The molecular formula is C18H16S. The van der Waals surface area contributed by atoms with Crippen LogP contribution in [0.2, 0.25) is 0 Å². The van der Waals surface area contributed by atoms with Crippen molar-refractivity contribution in [1.29, 1.82) is 0 Å². The number of hydrogen-bond donors (Lipinski definition) is 0. The van der Waals surface area contributed by atoms with E-state index in [2.05, 4.69) is 73.0 Å². The Labute approximate surface area is 118 Å². The van der Waals surface area contributed by atoms with Gasteiger partial charge in [-0.1, -0.05) is 60.2 Å². The SMILES string of the molecule is Cc1ccc(-c2ccc(Cc3cccs3)cc2)cc1. The van der Waals surface area contributed by atoms with Crippen LogP contribution in [0, 0.1) is 6.92 Å². The van der Waals surface area contributed by atoms with E-state index in [1.165, 1.54) is 27.1 Å². The van der Waals surface area contributed by atoms with Crippen molar-refractivity contribution in [2.45, 2.75) is 13.3 Å². The van der Waals surface area contributed by atoms with Crippen LogP contribution in [-0.4, -0.2) is 0 Å². The van der Waals surface area contributed by atoms with E-state index in [9.17, 15) is 0 Å². The van der Waals surface area contributed by atoms with Crippen molar-refractivity contribution in [2.24, 2.45) is 0 Å². The summed E-state index contributed by atoms with van der Waals surface area (Å²) in [6.45, 7) is 2.12. The molecule has 0 nitrogen and oxygen atoms in total. The highest BCUT2D eigenvalue weighted by atomic mass is 32.1. The minimum atomic E-state index is 1.03. The van der Waals surface area contributed by atoms with E-state index in [0.29, 0.717) is 0 Å². The zero-order chi connectivity index (χ0) is 13.1. The van der Waals surface area contributed by atoms with Crippen molar-refractivity contribution in [1.82, 2.24) is 0 Å². The number of hydrogen-bond acceptors (Lipinski definition) is 1. The molecule has 19 heavy (non-hydrogen) atoms. The van der Waals surface area contributed by atoms with Gasteiger partial charge in [-0.3, -0.25) is 0 Å². The van der Waals surface area contributed by atoms with Gasteiger partial charge >= 0.3 is 0 Å². The first-order chi connectivity index (χ1) is 9.31. The Morgan fingerprint density at radius 1 is 0.789 bits per heavy atom. The summed E-state index contributed by atoms with van der Waals surface area (Å²) in [6.07, 6.45) is 1.03. The zero-order valence-corrected chi connectivity index (χ0v) is 11.8.